The van der Waals surface area contributed by atoms with Crippen LogP contribution in [0.1, 0.15) is 39.5 Å². The summed E-state index contributed by atoms with van der Waals surface area (Å²) < 4.78 is 9.53. The first-order chi connectivity index (χ1) is 19.1. The molecule has 2 heterocycles. The highest BCUT2D eigenvalue weighted by Gasteiger charge is 2.52. The van der Waals surface area contributed by atoms with Crippen LogP contribution in [0.25, 0.3) is 0 Å². The van der Waals surface area contributed by atoms with Gasteiger partial charge in [0.1, 0.15) is 18.7 Å². The Balaban J connectivity index is 0.000000611. The molecule has 3 aliphatic rings. The number of carbonyl (C=O) groups is 3. The summed E-state index contributed by atoms with van der Waals surface area (Å²) in [5, 5.41) is 21.3. The molecule has 3 unspecified atom stereocenters. The Labute approximate surface area is 243 Å². The van der Waals surface area contributed by atoms with E-state index in [-0.39, 0.29) is 35.8 Å². The molecule has 3 atom stereocenters. The molecule has 0 bridgehead atoms. The predicted molar refractivity (Wildman–Crippen MR) is 153 cm³/mol. The Morgan fingerprint density at radius 1 is 1.27 bits per heavy atom. The van der Waals surface area contributed by atoms with Crippen molar-refractivity contribution in [2.75, 3.05) is 45.0 Å². The number of carboxylic acid groups (broad SMARTS) is 1. The highest BCUT2D eigenvalue weighted by molar-refractivity contribution is 8.21. The first kappa shape index (κ1) is 33.7. The number of aliphatic carboxylic acids is 1. The monoisotopic (exact) mass is 601 g/mol. The molecule has 0 aromatic rings. The van der Waals surface area contributed by atoms with Gasteiger partial charge in [-0.3, -0.25) is 14.9 Å². The summed E-state index contributed by atoms with van der Waals surface area (Å²) in [7, 11) is 1.45. The number of rotatable bonds is 13. The fourth-order valence-corrected chi connectivity index (χ4v) is 7.70. The van der Waals surface area contributed by atoms with Gasteiger partial charge in [-0.25, -0.2) is 4.79 Å². The molecule has 1 amide bonds. The Kier molecular flexibility index (Phi) is 14.6. The maximum absolute atomic E-state index is 13.3. The quantitative estimate of drug-likeness (QED) is 0.138. The summed E-state index contributed by atoms with van der Waals surface area (Å²) in [6.07, 6.45) is 12.4. The number of nitrogens with one attached hydrogen (secondary N) is 1. The molecule has 3 rings (SSSR count). The van der Waals surface area contributed by atoms with E-state index in [2.05, 4.69) is 21.0 Å². The zero-order valence-electron chi connectivity index (χ0n) is 23.1. The molecular weight excluding hydrogens is 562 g/mol. The predicted octanol–water partition coefficient (Wildman–Crippen LogP) is 2.82. The van der Waals surface area contributed by atoms with Crippen LogP contribution >= 0.6 is 23.5 Å². The van der Waals surface area contributed by atoms with Crippen LogP contribution in [0.15, 0.2) is 36.0 Å². The van der Waals surface area contributed by atoms with Crippen LogP contribution in [0.2, 0.25) is 0 Å². The molecule has 0 aromatic carbocycles. The van der Waals surface area contributed by atoms with E-state index in [4.69, 9.17) is 4.74 Å². The van der Waals surface area contributed by atoms with Gasteiger partial charge >= 0.3 is 11.9 Å². The Hall–Kier alpha value is -2.55. The number of carboxylic acids is 1. The molecule has 1 aliphatic carbocycles. The molecule has 1 spiro atoms. The molecule has 2 saturated heterocycles. The number of thioether (sulfide) groups is 2. The largest absolute Gasteiger partial charge is 0.480 e. The van der Waals surface area contributed by atoms with Gasteiger partial charge < -0.3 is 24.3 Å². The highest BCUT2D eigenvalue weighted by Crippen LogP contribution is 2.52. The first-order valence-electron chi connectivity index (χ1n) is 13.1. The number of nitrogens with zero attached hydrogens (tertiary/aromatic N) is 2. The van der Waals surface area contributed by atoms with Crippen LogP contribution in [0.5, 0.6) is 0 Å². The molecule has 14 heteroatoms. The van der Waals surface area contributed by atoms with Crippen LogP contribution in [-0.4, -0.2) is 100 Å². The van der Waals surface area contributed by atoms with Crippen molar-refractivity contribution in [3.8, 4) is 0 Å². The number of hydrogen-bond donors (Lipinski definition) is 2. The van der Waals surface area contributed by atoms with Gasteiger partial charge in [0.25, 0.3) is 5.09 Å². The zero-order valence-corrected chi connectivity index (χ0v) is 24.7. The molecule has 2 N–H and O–H groups in total. The lowest BCUT2D eigenvalue weighted by Crippen LogP contribution is -2.53. The van der Waals surface area contributed by atoms with E-state index in [1.165, 1.54) is 7.11 Å². The van der Waals surface area contributed by atoms with E-state index in [1.54, 1.807) is 42.3 Å². The van der Waals surface area contributed by atoms with Crippen LogP contribution in [0.4, 0.5) is 0 Å². The average Bonchev–Trinajstić information content (AvgIpc) is 3.44. The maximum Gasteiger partial charge on any atom is 0.328 e. The number of esters is 1. The number of allylic oxidation sites excluding steroid dienone is 6. The van der Waals surface area contributed by atoms with Crippen molar-refractivity contribution in [3.63, 3.8) is 0 Å². The third-order valence-electron chi connectivity index (χ3n) is 6.35. The van der Waals surface area contributed by atoms with Gasteiger partial charge in [-0.1, -0.05) is 36.0 Å². The van der Waals surface area contributed by atoms with Crippen molar-refractivity contribution in [3.05, 3.63) is 46.1 Å². The fraction of sp³-hybridized carbons (Fsp3) is 0.654. The SMILES string of the molecule is CCOC(=O)C1CC2(CN1C(=O)C(C)NC(CCC1=CCC=CC=C1)C(=O)O)SCCS2.COCCO[N+](=O)[O-]. The molecule has 0 saturated carbocycles. The van der Waals surface area contributed by atoms with Crippen LogP contribution < -0.4 is 5.32 Å². The topological polar surface area (TPSA) is 158 Å². The normalized spacial score (nSPS) is 20.6. The summed E-state index contributed by atoms with van der Waals surface area (Å²) >= 11 is 3.60. The number of carbonyl (C=O) groups excluding carboxylic acids is 2. The maximum atomic E-state index is 13.3. The van der Waals surface area contributed by atoms with Crippen LogP contribution in [-0.2, 0) is 28.7 Å². The lowest BCUT2D eigenvalue weighted by molar-refractivity contribution is -0.758. The minimum absolute atomic E-state index is 0.00347. The second-order valence-corrected chi connectivity index (χ2v) is 12.4. The van der Waals surface area contributed by atoms with E-state index in [9.17, 15) is 29.6 Å². The van der Waals surface area contributed by atoms with E-state index >= 15 is 0 Å². The van der Waals surface area contributed by atoms with Gasteiger partial charge in [0.2, 0.25) is 5.91 Å². The van der Waals surface area contributed by atoms with Gasteiger partial charge in [-0.15, -0.1) is 33.6 Å². The van der Waals surface area contributed by atoms with Gasteiger partial charge in [0, 0.05) is 31.6 Å². The summed E-state index contributed by atoms with van der Waals surface area (Å²) in [4.78, 5) is 52.7. The van der Waals surface area contributed by atoms with E-state index in [1.807, 2.05) is 24.3 Å². The van der Waals surface area contributed by atoms with Gasteiger partial charge in [0.05, 0.1) is 23.3 Å². The summed E-state index contributed by atoms with van der Waals surface area (Å²) in [5.41, 5.74) is 1.08. The van der Waals surface area contributed by atoms with E-state index < -0.39 is 29.2 Å². The molecular formula is C26H39N3O9S2. The van der Waals surface area contributed by atoms with Crippen molar-refractivity contribution in [2.24, 2.45) is 0 Å². The highest BCUT2D eigenvalue weighted by atomic mass is 32.2. The summed E-state index contributed by atoms with van der Waals surface area (Å²) in [5.74, 6) is 0.377. The third kappa shape index (κ3) is 10.8. The average molecular weight is 602 g/mol. The Morgan fingerprint density at radius 2 is 2.00 bits per heavy atom. The van der Waals surface area contributed by atoms with Crippen molar-refractivity contribution in [2.45, 2.75) is 61.7 Å². The van der Waals surface area contributed by atoms with Gasteiger partial charge in [-0.05, 0) is 33.1 Å². The third-order valence-corrected chi connectivity index (χ3v) is 9.77. The van der Waals surface area contributed by atoms with Gasteiger partial charge in [-0.2, -0.15) is 0 Å². The Morgan fingerprint density at radius 3 is 2.62 bits per heavy atom. The number of methoxy groups -OCH3 is 1. The summed E-state index contributed by atoms with van der Waals surface area (Å²) in [6.45, 7) is 4.42. The molecule has 2 fully saturated rings. The van der Waals surface area contributed by atoms with E-state index in [0.29, 0.717) is 25.8 Å². The van der Waals surface area contributed by atoms with Crippen molar-refractivity contribution >= 4 is 41.4 Å². The standard InChI is InChI=1S/C23H32N2O5S2.C3H7NO4/c1-3-30-22(29)19-14-23(31-12-13-32-23)15-25(19)20(26)16(2)24-18(21(27)28)11-10-17-8-6-4-5-7-9-17;1-7-2-3-8-4(5)6/h4-6,8-9,16,18-19,24H,3,7,10-15H2,1-2H3,(H,27,28);2-3H2,1H3. The molecule has 2 aliphatic heterocycles. The molecule has 40 heavy (non-hydrogen) atoms. The zero-order chi connectivity index (χ0) is 29.5. The van der Waals surface area contributed by atoms with Gasteiger partial charge in [0.15, 0.2) is 0 Å². The number of amides is 1. The first-order valence-corrected chi connectivity index (χ1v) is 15.1. The number of ether oxygens (including phenoxy) is 2. The summed E-state index contributed by atoms with van der Waals surface area (Å²) in [6, 6.07) is -2.20. The van der Waals surface area contributed by atoms with Crippen molar-refractivity contribution in [1.82, 2.24) is 10.2 Å². The smallest absolute Gasteiger partial charge is 0.328 e. The number of likely N-dealkylation sites (tertiary alicyclic amines) is 1. The van der Waals surface area contributed by atoms with Crippen molar-refractivity contribution < 1.29 is 38.9 Å². The molecule has 0 aromatic heterocycles. The van der Waals surface area contributed by atoms with E-state index in [0.717, 1.165) is 23.5 Å². The van der Waals surface area contributed by atoms with Crippen molar-refractivity contribution in [1.29, 1.82) is 0 Å². The minimum atomic E-state index is -0.984. The minimum Gasteiger partial charge on any atom is -0.480 e. The Bertz CT molecular complexity index is 967. The molecule has 0 radical (unpaired) electrons. The molecule has 224 valence electrons. The second kappa shape index (κ2) is 17.3. The lowest BCUT2D eigenvalue weighted by Gasteiger charge is -2.28. The lowest BCUT2D eigenvalue weighted by atomic mass is 10.0. The van der Waals surface area contributed by atoms with Crippen LogP contribution in [0, 0.1) is 10.1 Å². The van der Waals surface area contributed by atoms with Crippen LogP contribution in [0.3, 0.4) is 0 Å². The molecule has 12 nitrogen and oxygen atoms in total. The second-order valence-electron chi connectivity index (χ2n) is 9.22. The fourth-order valence-electron chi connectivity index (χ4n) is 4.44. The number of hydrogen-bond acceptors (Lipinski definition) is 11.